The van der Waals surface area contributed by atoms with Crippen molar-refractivity contribution in [3.8, 4) is 0 Å². The lowest BCUT2D eigenvalue weighted by molar-refractivity contribution is -0.192. The standard InChI is InChI=1S/C12H15N5O6S.C2HF3O2/c1-15-5-7(4-14-11(15)18)9-2-8(3-13)16-6-10(9)17(12(16)19)23-24(20,21)22;3-2(4,5)1(6)7/h2,4-5,8,10H,3,6,13H2,1H3,(H,20,21,22);(H,6,7)/t8?,10-;/m0./s1. The number of carbonyl (C=O) groups is 2. The molecule has 31 heavy (non-hydrogen) atoms. The van der Waals surface area contributed by atoms with E-state index < -0.39 is 46.3 Å². The third kappa shape index (κ3) is 5.57. The van der Waals surface area contributed by atoms with Gasteiger partial charge in [0.2, 0.25) is 0 Å². The second-order valence-corrected chi connectivity index (χ2v) is 7.25. The Balaban J connectivity index is 0.000000423. The number of urea groups is 1. The Bertz CT molecular complexity index is 1070. The molecule has 2 aliphatic rings. The molecule has 0 aromatic carbocycles. The SMILES string of the molecule is Cn1cc(C2=CC(CN)N3C[C@@H]2N(OS(=O)(=O)O)C3=O)cnc1=O.O=C(O)C(F)(F)F. The van der Waals surface area contributed by atoms with Crippen LogP contribution in [0.3, 0.4) is 0 Å². The molecular formula is C14H16F3N5O8S. The van der Waals surface area contributed by atoms with Crippen molar-refractivity contribution in [3.05, 3.63) is 34.5 Å². The summed E-state index contributed by atoms with van der Waals surface area (Å²) in [6.07, 6.45) is -0.550. The predicted octanol–water partition coefficient (Wildman–Crippen LogP) is -1.02. The number of amides is 2. The van der Waals surface area contributed by atoms with E-state index >= 15 is 0 Å². The lowest BCUT2D eigenvalue weighted by atomic mass is 9.95. The van der Waals surface area contributed by atoms with Gasteiger partial charge in [0.15, 0.2) is 0 Å². The number of carbonyl (C=O) groups excluding carboxylic acids is 1. The van der Waals surface area contributed by atoms with Gasteiger partial charge < -0.3 is 20.3 Å². The quantitative estimate of drug-likeness (QED) is 0.459. The number of halogens is 3. The van der Waals surface area contributed by atoms with E-state index in [2.05, 4.69) is 9.27 Å². The average molecular weight is 471 g/mol. The minimum absolute atomic E-state index is 0.112. The van der Waals surface area contributed by atoms with Crippen LogP contribution in [0.5, 0.6) is 0 Å². The van der Waals surface area contributed by atoms with Crippen LogP contribution in [-0.2, 0) is 26.5 Å². The van der Waals surface area contributed by atoms with Gasteiger partial charge in [-0.2, -0.15) is 26.7 Å². The van der Waals surface area contributed by atoms with Crippen molar-refractivity contribution in [2.45, 2.75) is 18.3 Å². The first-order chi connectivity index (χ1) is 14.2. The first-order valence-corrected chi connectivity index (χ1v) is 9.54. The molecule has 1 unspecified atom stereocenters. The van der Waals surface area contributed by atoms with E-state index in [1.807, 2.05) is 0 Å². The zero-order valence-electron chi connectivity index (χ0n) is 15.6. The highest BCUT2D eigenvalue weighted by atomic mass is 32.3. The summed E-state index contributed by atoms with van der Waals surface area (Å²) in [7, 11) is -3.36. The number of aliphatic carboxylic acids is 1. The van der Waals surface area contributed by atoms with Crippen LogP contribution in [0.15, 0.2) is 23.3 Å². The molecular weight excluding hydrogens is 455 g/mol. The number of aryl methyl sites for hydroxylation is 1. The average Bonchev–Trinajstić information content (AvgIpc) is 2.89. The second-order valence-electron chi connectivity index (χ2n) is 6.24. The molecule has 2 bridgehead atoms. The lowest BCUT2D eigenvalue weighted by Crippen LogP contribution is -2.43. The molecule has 1 aromatic rings. The van der Waals surface area contributed by atoms with E-state index in [4.69, 9.17) is 20.2 Å². The van der Waals surface area contributed by atoms with Crippen LogP contribution in [0.2, 0.25) is 0 Å². The lowest BCUT2D eigenvalue weighted by Gasteiger charge is -2.28. The van der Waals surface area contributed by atoms with Gasteiger partial charge in [-0.05, 0) is 5.57 Å². The third-order valence-corrected chi connectivity index (χ3v) is 4.51. The van der Waals surface area contributed by atoms with E-state index in [0.717, 1.165) is 0 Å². The summed E-state index contributed by atoms with van der Waals surface area (Å²) in [4.78, 5) is 37.7. The zero-order valence-corrected chi connectivity index (χ0v) is 16.4. The summed E-state index contributed by atoms with van der Waals surface area (Å²) in [6.45, 7) is 0.242. The Hall–Kier alpha value is -3.02. The molecule has 0 spiro atoms. The van der Waals surface area contributed by atoms with Crippen molar-refractivity contribution in [2.24, 2.45) is 12.8 Å². The van der Waals surface area contributed by atoms with Gasteiger partial charge in [-0.25, -0.2) is 19.4 Å². The van der Waals surface area contributed by atoms with E-state index in [-0.39, 0.29) is 13.1 Å². The van der Waals surface area contributed by atoms with Crippen molar-refractivity contribution < 1.29 is 45.1 Å². The van der Waals surface area contributed by atoms with Gasteiger partial charge in [-0.3, -0.25) is 4.55 Å². The van der Waals surface area contributed by atoms with Gasteiger partial charge in [0.25, 0.3) is 0 Å². The summed E-state index contributed by atoms with van der Waals surface area (Å²) in [5, 5.41) is 7.71. The highest BCUT2D eigenvalue weighted by Gasteiger charge is 2.48. The van der Waals surface area contributed by atoms with Crippen LogP contribution in [0.4, 0.5) is 18.0 Å². The number of carboxylic acid groups (broad SMARTS) is 1. The number of hydrogen-bond donors (Lipinski definition) is 3. The second kappa shape index (κ2) is 8.61. The van der Waals surface area contributed by atoms with Crippen molar-refractivity contribution in [1.29, 1.82) is 0 Å². The number of nitrogens with zero attached hydrogens (tertiary/aromatic N) is 4. The monoisotopic (exact) mass is 471 g/mol. The van der Waals surface area contributed by atoms with Gasteiger partial charge >= 0.3 is 34.3 Å². The van der Waals surface area contributed by atoms with Crippen LogP contribution >= 0.6 is 0 Å². The fourth-order valence-electron chi connectivity index (χ4n) is 2.84. The first-order valence-electron chi connectivity index (χ1n) is 8.17. The summed E-state index contributed by atoms with van der Waals surface area (Å²) in [5.74, 6) is -2.76. The highest BCUT2D eigenvalue weighted by molar-refractivity contribution is 7.80. The maximum Gasteiger partial charge on any atom is 0.490 e. The third-order valence-electron chi connectivity index (χ3n) is 4.16. The molecule has 13 nitrogen and oxygen atoms in total. The number of aromatic nitrogens is 2. The van der Waals surface area contributed by atoms with Crippen molar-refractivity contribution in [3.63, 3.8) is 0 Å². The number of alkyl halides is 3. The zero-order chi connectivity index (χ0) is 23.7. The Labute approximate surface area is 172 Å². The van der Waals surface area contributed by atoms with Crippen LogP contribution < -0.4 is 11.4 Å². The van der Waals surface area contributed by atoms with Gasteiger partial charge in [-0.15, -0.1) is 4.28 Å². The predicted molar refractivity (Wildman–Crippen MR) is 94.4 cm³/mol. The molecule has 1 fully saturated rings. The van der Waals surface area contributed by atoms with Crippen LogP contribution in [0, 0.1) is 0 Å². The van der Waals surface area contributed by atoms with Crippen LogP contribution in [0.25, 0.3) is 5.57 Å². The number of hydroxylamine groups is 2. The minimum atomic E-state index is -5.08. The Kier molecular flexibility index (Phi) is 6.74. The van der Waals surface area contributed by atoms with Crippen LogP contribution in [-0.4, -0.2) is 80.9 Å². The molecule has 172 valence electrons. The van der Waals surface area contributed by atoms with E-state index in [0.29, 0.717) is 16.2 Å². The summed E-state index contributed by atoms with van der Waals surface area (Å²) in [6, 6.07) is -1.99. The molecule has 2 amide bonds. The number of carboxylic acids is 1. The van der Waals surface area contributed by atoms with Crippen molar-refractivity contribution >= 4 is 28.0 Å². The maximum atomic E-state index is 12.3. The molecule has 0 aliphatic carbocycles. The Morgan fingerprint density at radius 3 is 2.42 bits per heavy atom. The van der Waals surface area contributed by atoms with Gasteiger partial charge in [0.1, 0.15) is 6.04 Å². The molecule has 17 heteroatoms. The van der Waals surface area contributed by atoms with Crippen LogP contribution in [0.1, 0.15) is 5.56 Å². The number of fused-ring (bicyclic) bond motifs is 2. The molecule has 0 saturated carbocycles. The topological polar surface area (TPSA) is 185 Å². The molecule has 2 aliphatic heterocycles. The normalized spacial score (nSPS) is 20.8. The molecule has 2 atom stereocenters. The number of hydrogen-bond acceptors (Lipinski definition) is 8. The summed E-state index contributed by atoms with van der Waals surface area (Å²) >= 11 is 0. The van der Waals surface area contributed by atoms with Gasteiger partial charge in [0, 0.05) is 31.5 Å². The maximum absolute atomic E-state index is 12.3. The highest BCUT2D eigenvalue weighted by Crippen LogP contribution is 2.35. The molecule has 0 radical (unpaired) electrons. The van der Waals surface area contributed by atoms with E-state index in [9.17, 15) is 31.2 Å². The summed E-state index contributed by atoms with van der Waals surface area (Å²) in [5.41, 5.74) is 6.26. The first kappa shape index (κ1) is 24.3. The van der Waals surface area contributed by atoms with Gasteiger partial charge in [0.05, 0.1) is 12.6 Å². The molecule has 3 rings (SSSR count). The molecule has 4 N–H and O–H groups in total. The minimum Gasteiger partial charge on any atom is -0.475 e. The van der Waals surface area contributed by atoms with E-state index in [1.165, 1.54) is 28.9 Å². The number of nitrogens with two attached hydrogens (primary N) is 1. The smallest absolute Gasteiger partial charge is 0.475 e. The van der Waals surface area contributed by atoms with Gasteiger partial charge in [-0.1, -0.05) is 6.08 Å². The van der Waals surface area contributed by atoms with Crippen molar-refractivity contribution in [2.75, 3.05) is 13.1 Å². The van der Waals surface area contributed by atoms with E-state index in [1.54, 1.807) is 6.08 Å². The Morgan fingerprint density at radius 1 is 1.39 bits per heavy atom. The fourth-order valence-corrected chi connectivity index (χ4v) is 3.21. The van der Waals surface area contributed by atoms with Crippen molar-refractivity contribution in [1.82, 2.24) is 19.5 Å². The molecule has 1 saturated heterocycles. The molecule has 3 heterocycles. The number of rotatable bonds is 4. The molecule has 1 aromatic heterocycles. The largest absolute Gasteiger partial charge is 0.490 e. The summed E-state index contributed by atoms with van der Waals surface area (Å²) < 4.78 is 68.4. The Morgan fingerprint density at radius 2 is 1.97 bits per heavy atom. The fraction of sp³-hybridized carbons (Fsp3) is 0.429.